The molecule has 3 heteroatoms. The molecular weight excluding hydrogens is 178 g/mol. The van der Waals surface area contributed by atoms with Crippen molar-refractivity contribution in [2.24, 2.45) is 5.92 Å². The van der Waals surface area contributed by atoms with Crippen LogP contribution >= 0.6 is 0 Å². The Balaban J connectivity index is 2.34. The predicted molar refractivity (Wildman–Crippen MR) is 54.0 cm³/mol. The standard InChI is InChI=1S/C11H17NO2/c1-8-6-14-7-10(8)11(13)3-4-12-5-9(11)2/h6-7,9,12-13H,3-5H2,1-2H3. The van der Waals surface area contributed by atoms with Crippen LogP contribution in [0.2, 0.25) is 0 Å². The van der Waals surface area contributed by atoms with Gasteiger partial charge in [0.05, 0.1) is 18.1 Å². The molecule has 78 valence electrons. The molecule has 0 bridgehead atoms. The normalized spacial score (nSPS) is 33.2. The van der Waals surface area contributed by atoms with E-state index in [9.17, 15) is 5.11 Å². The highest BCUT2D eigenvalue weighted by Gasteiger charge is 2.39. The quantitative estimate of drug-likeness (QED) is 0.712. The van der Waals surface area contributed by atoms with E-state index in [1.165, 1.54) is 0 Å². The molecule has 2 rings (SSSR count). The van der Waals surface area contributed by atoms with Crippen LogP contribution in [0.25, 0.3) is 0 Å². The van der Waals surface area contributed by atoms with Crippen LogP contribution in [0.4, 0.5) is 0 Å². The van der Waals surface area contributed by atoms with E-state index in [0.29, 0.717) is 0 Å². The zero-order valence-corrected chi connectivity index (χ0v) is 8.71. The van der Waals surface area contributed by atoms with Crippen LogP contribution in [0.15, 0.2) is 16.9 Å². The average molecular weight is 195 g/mol. The number of nitrogens with one attached hydrogen (secondary N) is 1. The van der Waals surface area contributed by atoms with Crippen molar-refractivity contribution in [2.45, 2.75) is 25.9 Å². The highest BCUT2D eigenvalue weighted by atomic mass is 16.3. The summed E-state index contributed by atoms with van der Waals surface area (Å²) in [5.41, 5.74) is 1.29. The monoisotopic (exact) mass is 195 g/mol. The SMILES string of the molecule is Cc1cocc1C1(O)CCNCC1C. The van der Waals surface area contributed by atoms with E-state index >= 15 is 0 Å². The van der Waals surface area contributed by atoms with E-state index in [2.05, 4.69) is 12.2 Å². The Kier molecular flexibility index (Phi) is 2.37. The van der Waals surface area contributed by atoms with Gasteiger partial charge in [-0.3, -0.25) is 0 Å². The van der Waals surface area contributed by atoms with Crippen LogP contribution in [-0.4, -0.2) is 18.2 Å². The highest BCUT2D eigenvalue weighted by molar-refractivity contribution is 5.27. The van der Waals surface area contributed by atoms with Crippen LogP contribution in [-0.2, 0) is 5.60 Å². The third kappa shape index (κ3) is 1.37. The molecule has 0 radical (unpaired) electrons. The summed E-state index contributed by atoms with van der Waals surface area (Å²) in [6.45, 7) is 5.77. The molecular formula is C11H17NO2. The Morgan fingerprint density at radius 2 is 2.36 bits per heavy atom. The van der Waals surface area contributed by atoms with Crippen LogP contribution in [0.5, 0.6) is 0 Å². The summed E-state index contributed by atoms with van der Waals surface area (Å²) in [4.78, 5) is 0. The lowest BCUT2D eigenvalue weighted by atomic mass is 9.77. The first-order chi connectivity index (χ1) is 6.64. The predicted octanol–water partition coefficient (Wildman–Crippen LogP) is 1.41. The first-order valence-electron chi connectivity index (χ1n) is 5.11. The van der Waals surface area contributed by atoms with Crippen molar-refractivity contribution < 1.29 is 9.52 Å². The molecule has 0 aliphatic carbocycles. The summed E-state index contributed by atoms with van der Waals surface area (Å²) < 4.78 is 5.13. The van der Waals surface area contributed by atoms with Gasteiger partial charge in [-0.05, 0) is 25.5 Å². The van der Waals surface area contributed by atoms with Gasteiger partial charge in [0.1, 0.15) is 0 Å². The molecule has 1 aliphatic heterocycles. The number of aliphatic hydroxyl groups is 1. The van der Waals surface area contributed by atoms with Crippen LogP contribution in [0.1, 0.15) is 24.5 Å². The smallest absolute Gasteiger partial charge is 0.0979 e. The van der Waals surface area contributed by atoms with Gasteiger partial charge in [0.15, 0.2) is 0 Å². The van der Waals surface area contributed by atoms with Gasteiger partial charge in [-0.25, -0.2) is 0 Å². The Bertz CT molecular complexity index is 321. The van der Waals surface area contributed by atoms with Crippen LogP contribution in [0.3, 0.4) is 0 Å². The summed E-state index contributed by atoms with van der Waals surface area (Å²) in [5, 5.41) is 13.9. The molecule has 1 aromatic heterocycles. The summed E-state index contributed by atoms with van der Waals surface area (Å²) in [7, 11) is 0. The summed E-state index contributed by atoms with van der Waals surface area (Å²) in [5.74, 6) is 0.229. The second-order valence-electron chi connectivity index (χ2n) is 4.25. The van der Waals surface area contributed by atoms with Gasteiger partial charge in [-0.2, -0.15) is 0 Å². The minimum Gasteiger partial charge on any atom is -0.472 e. The molecule has 2 heterocycles. The lowest BCUT2D eigenvalue weighted by Crippen LogP contribution is -2.46. The van der Waals surface area contributed by atoms with Crippen molar-refractivity contribution in [1.82, 2.24) is 5.32 Å². The van der Waals surface area contributed by atoms with E-state index in [4.69, 9.17) is 4.42 Å². The Morgan fingerprint density at radius 1 is 1.57 bits per heavy atom. The van der Waals surface area contributed by atoms with E-state index in [0.717, 1.165) is 30.6 Å². The minimum absolute atomic E-state index is 0.229. The number of furan rings is 1. The van der Waals surface area contributed by atoms with Crippen molar-refractivity contribution in [1.29, 1.82) is 0 Å². The second kappa shape index (κ2) is 3.41. The molecule has 14 heavy (non-hydrogen) atoms. The molecule has 2 unspecified atom stereocenters. The Morgan fingerprint density at radius 3 is 2.93 bits per heavy atom. The maximum Gasteiger partial charge on any atom is 0.0979 e. The fraction of sp³-hybridized carbons (Fsp3) is 0.636. The molecule has 1 aromatic rings. The van der Waals surface area contributed by atoms with Crippen molar-refractivity contribution >= 4 is 0 Å². The molecule has 1 aliphatic rings. The largest absolute Gasteiger partial charge is 0.472 e. The molecule has 0 saturated carbocycles. The number of hydrogen-bond acceptors (Lipinski definition) is 3. The van der Waals surface area contributed by atoms with E-state index in [1.807, 2.05) is 6.92 Å². The summed E-state index contributed by atoms with van der Waals surface area (Å²) in [6.07, 6.45) is 4.13. The molecule has 2 atom stereocenters. The van der Waals surface area contributed by atoms with Crippen molar-refractivity contribution in [2.75, 3.05) is 13.1 Å². The average Bonchev–Trinajstić information content (AvgIpc) is 2.57. The molecule has 0 aromatic carbocycles. The van der Waals surface area contributed by atoms with Gasteiger partial charge in [0.25, 0.3) is 0 Å². The summed E-state index contributed by atoms with van der Waals surface area (Å²) in [6, 6.07) is 0. The lowest BCUT2D eigenvalue weighted by Gasteiger charge is -2.38. The zero-order chi connectivity index (χ0) is 10.2. The van der Waals surface area contributed by atoms with Crippen molar-refractivity contribution in [3.8, 4) is 0 Å². The van der Waals surface area contributed by atoms with E-state index in [1.54, 1.807) is 12.5 Å². The highest BCUT2D eigenvalue weighted by Crippen LogP contribution is 2.36. The number of hydrogen-bond donors (Lipinski definition) is 2. The van der Waals surface area contributed by atoms with Crippen molar-refractivity contribution in [3.63, 3.8) is 0 Å². The minimum atomic E-state index is -0.706. The molecule has 1 fully saturated rings. The van der Waals surface area contributed by atoms with E-state index < -0.39 is 5.60 Å². The molecule has 0 spiro atoms. The van der Waals surface area contributed by atoms with Gasteiger partial charge in [0, 0.05) is 18.0 Å². The third-order valence-electron chi connectivity index (χ3n) is 3.27. The van der Waals surface area contributed by atoms with E-state index in [-0.39, 0.29) is 5.92 Å². The molecule has 2 N–H and O–H groups in total. The first kappa shape index (κ1) is 9.74. The lowest BCUT2D eigenvalue weighted by molar-refractivity contribution is -0.0400. The Hall–Kier alpha value is -0.800. The number of aryl methyl sites for hydroxylation is 1. The third-order valence-corrected chi connectivity index (χ3v) is 3.27. The summed E-state index contributed by atoms with van der Waals surface area (Å²) >= 11 is 0. The fourth-order valence-corrected chi connectivity index (χ4v) is 2.22. The van der Waals surface area contributed by atoms with Gasteiger partial charge >= 0.3 is 0 Å². The molecule has 3 nitrogen and oxygen atoms in total. The molecule has 0 amide bonds. The van der Waals surface area contributed by atoms with Crippen LogP contribution in [0, 0.1) is 12.8 Å². The maximum absolute atomic E-state index is 10.6. The second-order valence-corrected chi connectivity index (χ2v) is 4.25. The fourth-order valence-electron chi connectivity index (χ4n) is 2.22. The first-order valence-corrected chi connectivity index (χ1v) is 5.11. The van der Waals surface area contributed by atoms with Gasteiger partial charge in [0.2, 0.25) is 0 Å². The molecule has 1 saturated heterocycles. The van der Waals surface area contributed by atoms with Gasteiger partial charge < -0.3 is 14.8 Å². The van der Waals surface area contributed by atoms with Crippen molar-refractivity contribution in [3.05, 3.63) is 23.7 Å². The topological polar surface area (TPSA) is 45.4 Å². The van der Waals surface area contributed by atoms with Crippen LogP contribution < -0.4 is 5.32 Å². The Labute approximate surface area is 84.1 Å². The zero-order valence-electron chi connectivity index (χ0n) is 8.71. The number of rotatable bonds is 1. The maximum atomic E-state index is 10.6. The van der Waals surface area contributed by atoms with Gasteiger partial charge in [-0.15, -0.1) is 0 Å². The van der Waals surface area contributed by atoms with Gasteiger partial charge in [-0.1, -0.05) is 6.92 Å². The number of piperidine rings is 1.